The summed E-state index contributed by atoms with van der Waals surface area (Å²) >= 11 is 0. The first-order valence-corrected chi connectivity index (χ1v) is 8.33. The first-order chi connectivity index (χ1) is 12.1. The number of ether oxygens (including phenoxy) is 1. The van der Waals surface area contributed by atoms with E-state index in [1.165, 1.54) is 0 Å². The van der Waals surface area contributed by atoms with E-state index in [0.717, 1.165) is 28.9 Å². The zero-order valence-electron chi connectivity index (χ0n) is 14.2. The highest BCUT2D eigenvalue weighted by Crippen LogP contribution is 2.23. The van der Waals surface area contributed by atoms with Gasteiger partial charge in [0.1, 0.15) is 5.75 Å². The molecule has 0 saturated carbocycles. The van der Waals surface area contributed by atoms with Gasteiger partial charge in [-0.3, -0.25) is 4.79 Å². The third-order valence-corrected chi connectivity index (χ3v) is 4.62. The summed E-state index contributed by atoms with van der Waals surface area (Å²) in [5.74, 6) is -0.0647. The molecule has 2 aromatic carbocycles. The lowest BCUT2D eigenvalue weighted by Gasteiger charge is -2.29. The SMILES string of the molecule is COc1ccccc1CCC(=O)N1CCc2ccc(C(=O)O)cc2C1. The lowest BCUT2D eigenvalue weighted by molar-refractivity contribution is -0.132. The summed E-state index contributed by atoms with van der Waals surface area (Å²) in [4.78, 5) is 25.5. The predicted octanol–water partition coefficient (Wildman–Crippen LogP) is 2.91. The van der Waals surface area contributed by atoms with Crippen LogP contribution in [-0.4, -0.2) is 35.5 Å². The molecular weight excluding hydrogens is 318 g/mol. The molecule has 0 fully saturated rings. The third-order valence-electron chi connectivity index (χ3n) is 4.62. The lowest BCUT2D eigenvalue weighted by Crippen LogP contribution is -2.36. The summed E-state index contributed by atoms with van der Waals surface area (Å²) < 4.78 is 5.32. The quantitative estimate of drug-likeness (QED) is 0.909. The van der Waals surface area contributed by atoms with Crippen LogP contribution in [0.25, 0.3) is 0 Å². The zero-order chi connectivity index (χ0) is 17.8. The van der Waals surface area contributed by atoms with Crippen LogP contribution in [0.4, 0.5) is 0 Å². The third kappa shape index (κ3) is 3.82. The van der Waals surface area contributed by atoms with Gasteiger partial charge in [0.05, 0.1) is 12.7 Å². The van der Waals surface area contributed by atoms with Crippen molar-refractivity contribution in [3.63, 3.8) is 0 Å². The van der Waals surface area contributed by atoms with Crippen molar-refractivity contribution in [2.75, 3.05) is 13.7 Å². The summed E-state index contributed by atoms with van der Waals surface area (Å²) in [5, 5.41) is 9.13. The second-order valence-corrected chi connectivity index (χ2v) is 6.17. The molecule has 5 nitrogen and oxygen atoms in total. The fraction of sp³-hybridized carbons (Fsp3) is 0.300. The topological polar surface area (TPSA) is 66.8 Å². The predicted molar refractivity (Wildman–Crippen MR) is 93.8 cm³/mol. The Bertz CT molecular complexity index is 800. The molecule has 2 aromatic rings. The molecule has 0 unspecified atom stereocenters. The number of fused-ring (bicyclic) bond motifs is 1. The first kappa shape index (κ1) is 17.0. The Kier molecular flexibility index (Phi) is 5.03. The van der Waals surface area contributed by atoms with Crippen molar-refractivity contribution in [3.8, 4) is 5.75 Å². The molecule has 0 aromatic heterocycles. The average Bonchev–Trinajstić information content (AvgIpc) is 2.65. The summed E-state index contributed by atoms with van der Waals surface area (Å²) in [6, 6.07) is 12.9. The second kappa shape index (κ2) is 7.38. The number of hydrogen-bond acceptors (Lipinski definition) is 3. The van der Waals surface area contributed by atoms with Gasteiger partial charge in [0.15, 0.2) is 0 Å². The number of aryl methyl sites for hydroxylation is 1. The van der Waals surface area contributed by atoms with Gasteiger partial charge in [0.25, 0.3) is 0 Å². The molecule has 1 aliphatic rings. The summed E-state index contributed by atoms with van der Waals surface area (Å²) in [6.07, 6.45) is 1.80. The minimum Gasteiger partial charge on any atom is -0.496 e. The van der Waals surface area contributed by atoms with E-state index in [4.69, 9.17) is 9.84 Å². The van der Waals surface area contributed by atoms with Gasteiger partial charge >= 0.3 is 5.97 Å². The molecular formula is C20H21NO4. The van der Waals surface area contributed by atoms with E-state index in [1.807, 2.05) is 35.2 Å². The number of para-hydroxylation sites is 1. The van der Waals surface area contributed by atoms with Gasteiger partial charge in [-0.1, -0.05) is 24.3 Å². The number of amides is 1. The number of hydrogen-bond donors (Lipinski definition) is 1. The summed E-state index contributed by atoms with van der Waals surface area (Å²) in [6.45, 7) is 1.14. The fourth-order valence-corrected chi connectivity index (χ4v) is 3.21. The van der Waals surface area contributed by atoms with Crippen LogP contribution in [0.15, 0.2) is 42.5 Å². The maximum absolute atomic E-state index is 12.6. The Morgan fingerprint density at radius 2 is 1.96 bits per heavy atom. The standard InChI is InChI=1S/C20H21NO4/c1-25-18-5-3-2-4-15(18)8-9-19(22)21-11-10-14-6-7-16(20(23)24)12-17(14)13-21/h2-7,12H,8-11,13H2,1H3,(H,23,24). The molecule has 0 aliphatic carbocycles. The van der Waals surface area contributed by atoms with Gasteiger partial charge in [0, 0.05) is 19.5 Å². The second-order valence-electron chi connectivity index (χ2n) is 6.17. The Morgan fingerprint density at radius 1 is 1.16 bits per heavy atom. The van der Waals surface area contributed by atoms with Gasteiger partial charge in [-0.05, 0) is 47.7 Å². The van der Waals surface area contributed by atoms with E-state index in [2.05, 4.69) is 0 Å². The summed E-state index contributed by atoms with van der Waals surface area (Å²) in [5.41, 5.74) is 3.33. The number of carbonyl (C=O) groups excluding carboxylic acids is 1. The van der Waals surface area contributed by atoms with Crippen LogP contribution < -0.4 is 4.74 Å². The Labute approximate surface area is 146 Å². The van der Waals surface area contributed by atoms with Crippen molar-refractivity contribution >= 4 is 11.9 Å². The molecule has 1 aliphatic heterocycles. The smallest absolute Gasteiger partial charge is 0.335 e. The zero-order valence-corrected chi connectivity index (χ0v) is 14.2. The molecule has 0 saturated heterocycles. The largest absolute Gasteiger partial charge is 0.496 e. The van der Waals surface area contributed by atoms with Crippen molar-refractivity contribution in [2.45, 2.75) is 25.8 Å². The molecule has 1 N–H and O–H groups in total. The molecule has 130 valence electrons. The molecule has 3 rings (SSSR count). The highest BCUT2D eigenvalue weighted by Gasteiger charge is 2.21. The van der Waals surface area contributed by atoms with Crippen LogP contribution in [0.2, 0.25) is 0 Å². The maximum Gasteiger partial charge on any atom is 0.335 e. The van der Waals surface area contributed by atoms with E-state index >= 15 is 0 Å². The van der Waals surface area contributed by atoms with Crippen LogP contribution in [-0.2, 0) is 24.2 Å². The van der Waals surface area contributed by atoms with E-state index in [9.17, 15) is 9.59 Å². The van der Waals surface area contributed by atoms with Crippen molar-refractivity contribution in [3.05, 3.63) is 64.7 Å². The highest BCUT2D eigenvalue weighted by molar-refractivity contribution is 5.88. The van der Waals surface area contributed by atoms with Gasteiger partial charge in [-0.25, -0.2) is 4.79 Å². The number of carbonyl (C=O) groups is 2. The summed E-state index contributed by atoms with van der Waals surface area (Å²) in [7, 11) is 1.63. The van der Waals surface area contributed by atoms with Crippen LogP contribution in [0.3, 0.4) is 0 Å². The van der Waals surface area contributed by atoms with Crippen LogP contribution in [0, 0.1) is 0 Å². The van der Waals surface area contributed by atoms with Crippen LogP contribution in [0.5, 0.6) is 5.75 Å². The number of carboxylic acids is 1. The minimum atomic E-state index is -0.942. The van der Waals surface area contributed by atoms with Crippen molar-refractivity contribution in [1.82, 2.24) is 4.90 Å². The van der Waals surface area contributed by atoms with Gasteiger partial charge in [0.2, 0.25) is 5.91 Å². The monoisotopic (exact) mass is 339 g/mol. The molecule has 0 atom stereocenters. The van der Waals surface area contributed by atoms with Crippen molar-refractivity contribution < 1.29 is 19.4 Å². The fourth-order valence-electron chi connectivity index (χ4n) is 3.21. The molecule has 5 heteroatoms. The Hall–Kier alpha value is -2.82. The van der Waals surface area contributed by atoms with E-state index < -0.39 is 5.97 Å². The Morgan fingerprint density at radius 3 is 2.72 bits per heavy atom. The number of carboxylic acid groups (broad SMARTS) is 1. The molecule has 0 radical (unpaired) electrons. The van der Waals surface area contributed by atoms with Gasteiger partial charge in [-0.2, -0.15) is 0 Å². The van der Waals surface area contributed by atoms with Crippen LogP contribution >= 0.6 is 0 Å². The molecule has 1 heterocycles. The van der Waals surface area contributed by atoms with Crippen molar-refractivity contribution in [2.24, 2.45) is 0 Å². The molecule has 1 amide bonds. The molecule has 0 bridgehead atoms. The molecule has 0 spiro atoms. The highest BCUT2D eigenvalue weighted by atomic mass is 16.5. The Balaban J connectivity index is 1.66. The van der Waals surface area contributed by atoms with Crippen molar-refractivity contribution in [1.29, 1.82) is 0 Å². The average molecular weight is 339 g/mol. The van der Waals surface area contributed by atoms with E-state index in [0.29, 0.717) is 25.9 Å². The number of aromatic carboxylic acids is 1. The van der Waals surface area contributed by atoms with E-state index in [1.54, 1.807) is 19.2 Å². The number of rotatable bonds is 5. The lowest BCUT2D eigenvalue weighted by atomic mass is 9.97. The van der Waals surface area contributed by atoms with Gasteiger partial charge < -0.3 is 14.7 Å². The van der Waals surface area contributed by atoms with E-state index in [-0.39, 0.29) is 11.5 Å². The maximum atomic E-state index is 12.6. The number of methoxy groups -OCH3 is 1. The minimum absolute atomic E-state index is 0.0808. The van der Waals surface area contributed by atoms with Gasteiger partial charge in [-0.15, -0.1) is 0 Å². The first-order valence-electron chi connectivity index (χ1n) is 8.33. The molecule has 25 heavy (non-hydrogen) atoms. The normalized spacial score (nSPS) is 13.2. The van der Waals surface area contributed by atoms with Crippen LogP contribution in [0.1, 0.15) is 33.5 Å². The number of nitrogens with zero attached hydrogens (tertiary/aromatic N) is 1. The number of benzene rings is 2.